The fraction of sp³-hybridized carbons (Fsp3) is 0.400. The lowest BCUT2D eigenvalue weighted by atomic mass is 10.2. The number of rotatable bonds is 2. The first kappa shape index (κ1) is 11.1. The van der Waals surface area contributed by atoms with Crippen molar-refractivity contribution >= 4 is 0 Å². The van der Waals surface area contributed by atoms with E-state index in [0.717, 1.165) is 18.9 Å². The van der Waals surface area contributed by atoms with Crippen LogP contribution in [0.5, 0.6) is 0 Å². The number of aromatic nitrogens is 5. The van der Waals surface area contributed by atoms with Crippen molar-refractivity contribution in [3.63, 3.8) is 0 Å². The molecule has 0 spiro atoms. The standard InChI is InChI=1S/C10H8F3N5/c11-10(12,13)7-3-6(9-14-4-15-18-9)16-8(17-7)5-1-2-5/h3-5H,1-2H2,(H,14,15,18). The van der Waals surface area contributed by atoms with Crippen LogP contribution in [-0.2, 0) is 6.18 Å². The van der Waals surface area contributed by atoms with Crippen LogP contribution in [0.1, 0.15) is 30.3 Å². The van der Waals surface area contributed by atoms with Gasteiger partial charge in [-0.25, -0.2) is 15.0 Å². The lowest BCUT2D eigenvalue weighted by molar-refractivity contribution is -0.141. The number of hydrogen-bond donors (Lipinski definition) is 1. The van der Waals surface area contributed by atoms with Gasteiger partial charge in [0.1, 0.15) is 23.5 Å². The normalized spacial score (nSPS) is 15.9. The summed E-state index contributed by atoms with van der Waals surface area (Å²) in [5, 5.41) is 6.18. The molecule has 1 aliphatic carbocycles. The Bertz CT molecular complexity index is 559. The van der Waals surface area contributed by atoms with Crippen LogP contribution in [0.25, 0.3) is 11.5 Å². The maximum atomic E-state index is 12.7. The molecule has 3 rings (SSSR count). The van der Waals surface area contributed by atoms with E-state index in [1.807, 2.05) is 0 Å². The molecule has 0 unspecified atom stereocenters. The van der Waals surface area contributed by atoms with Crippen molar-refractivity contribution in [2.75, 3.05) is 0 Å². The second kappa shape index (κ2) is 3.76. The zero-order valence-corrected chi connectivity index (χ0v) is 9.07. The van der Waals surface area contributed by atoms with Gasteiger partial charge in [0, 0.05) is 5.92 Å². The molecule has 2 aromatic rings. The molecule has 2 heterocycles. The fourth-order valence-electron chi connectivity index (χ4n) is 1.58. The summed E-state index contributed by atoms with van der Waals surface area (Å²) in [7, 11) is 0. The molecule has 18 heavy (non-hydrogen) atoms. The van der Waals surface area contributed by atoms with Crippen LogP contribution in [0.3, 0.4) is 0 Å². The number of alkyl halides is 3. The van der Waals surface area contributed by atoms with E-state index in [9.17, 15) is 13.2 Å². The third kappa shape index (κ3) is 2.05. The van der Waals surface area contributed by atoms with E-state index >= 15 is 0 Å². The Balaban J connectivity index is 2.11. The quantitative estimate of drug-likeness (QED) is 0.892. The van der Waals surface area contributed by atoms with E-state index in [2.05, 4.69) is 25.1 Å². The molecule has 0 saturated heterocycles. The van der Waals surface area contributed by atoms with Crippen LogP contribution in [0.2, 0.25) is 0 Å². The average molecular weight is 255 g/mol. The zero-order chi connectivity index (χ0) is 12.8. The van der Waals surface area contributed by atoms with E-state index in [-0.39, 0.29) is 23.3 Å². The number of hydrogen-bond acceptors (Lipinski definition) is 4. The van der Waals surface area contributed by atoms with Crippen LogP contribution in [-0.4, -0.2) is 25.1 Å². The Hall–Kier alpha value is -1.99. The van der Waals surface area contributed by atoms with Crippen LogP contribution in [0.4, 0.5) is 13.2 Å². The number of halogens is 3. The van der Waals surface area contributed by atoms with Crippen molar-refractivity contribution in [1.82, 2.24) is 25.1 Å². The highest BCUT2D eigenvalue weighted by Gasteiger charge is 2.36. The molecule has 1 aliphatic rings. The summed E-state index contributed by atoms with van der Waals surface area (Å²) in [6.45, 7) is 0. The molecule has 0 atom stereocenters. The highest BCUT2D eigenvalue weighted by Crippen LogP contribution is 2.40. The minimum atomic E-state index is -4.49. The first-order valence-corrected chi connectivity index (χ1v) is 5.36. The second-order valence-electron chi connectivity index (χ2n) is 4.09. The second-order valence-corrected chi connectivity index (χ2v) is 4.09. The summed E-state index contributed by atoms with van der Waals surface area (Å²) in [5.41, 5.74) is -0.848. The SMILES string of the molecule is FC(F)(F)c1cc(-c2nc[nH]n2)nc(C2CC2)n1. The summed E-state index contributed by atoms with van der Waals surface area (Å²) in [5.74, 6) is 0.402. The van der Waals surface area contributed by atoms with E-state index in [1.54, 1.807) is 0 Å². The minimum Gasteiger partial charge on any atom is -0.265 e. The third-order valence-electron chi connectivity index (χ3n) is 2.62. The number of aromatic amines is 1. The van der Waals surface area contributed by atoms with E-state index in [4.69, 9.17) is 0 Å². The zero-order valence-electron chi connectivity index (χ0n) is 9.07. The van der Waals surface area contributed by atoms with Gasteiger partial charge in [-0.3, -0.25) is 5.10 Å². The maximum Gasteiger partial charge on any atom is 0.433 e. The van der Waals surface area contributed by atoms with Crippen LogP contribution in [0, 0.1) is 0 Å². The maximum absolute atomic E-state index is 12.7. The van der Waals surface area contributed by atoms with Gasteiger partial charge in [0.05, 0.1) is 0 Å². The van der Waals surface area contributed by atoms with Gasteiger partial charge >= 0.3 is 6.18 Å². The van der Waals surface area contributed by atoms with Gasteiger partial charge in [0.15, 0.2) is 5.82 Å². The van der Waals surface area contributed by atoms with E-state index in [0.29, 0.717) is 0 Å². The molecule has 1 N–H and O–H groups in total. The summed E-state index contributed by atoms with van der Waals surface area (Å²) in [6, 6.07) is 0.870. The Morgan fingerprint density at radius 2 is 2.00 bits per heavy atom. The van der Waals surface area contributed by atoms with Crippen molar-refractivity contribution in [1.29, 1.82) is 0 Å². The van der Waals surface area contributed by atoms with E-state index < -0.39 is 11.9 Å². The molecule has 8 heteroatoms. The Kier molecular flexibility index (Phi) is 2.32. The van der Waals surface area contributed by atoms with Gasteiger partial charge < -0.3 is 0 Å². The molecule has 0 aromatic carbocycles. The highest BCUT2D eigenvalue weighted by atomic mass is 19.4. The molecule has 1 saturated carbocycles. The average Bonchev–Trinajstić information content (AvgIpc) is 3.03. The van der Waals surface area contributed by atoms with Crippen molar-refractivity contribution in [2.45, 2.75) is 24.9 Å². The molecule has 1 fully saturated rings. The van der Waals surface area contributed by atoms with Crippen molar-refractivity contribution in [2.24, 2.45) is 0 Å². The first-order chi connectivity index (χ1) is 8.54. The predicted octanol–water partition coefficient (Wildman–Crippen LogP) is 2.16. The lowest BCUT2D eigenvalue weighted by Gasteiger charge is -2.08. The van der Waals surface area contributed by atoms with Crippen molar-refractivity contribution < 1.29 is 13.2 Å². The topological polar surface area (TPSA) is 67.3 Å². The van der Waals surface area contributed by atoms with Crippen LogP contribution in [0.15, 0.2) is 12.4 Å². The molecular formula is C10H8F3N5. The molecule has 0 bridgehead atoms. The summed E-state index contributed by atoms with van der Waals surface area (Å²) >= 11 is 0. The number of nitrogens with zero attached hydrogens (tertiary/aromatic N) is 4. The minimum absolute atomic E-state index is 0.0324. The Labute approximate surface area is 99.5 Å². The van der Waals surface area contributed by atoms with E-state index in [1.165, 1.54) is 6.33 Å². The summed E-state index contributed by atoms with van der Waals surface area (Å²) in [4.78, 5) is 11.5. The largest absolute Gasteiger partial charge is 0.433 e. The van der Waals surface area contributed by atoms with Crippen molar-refractivity contribution in [3.05, 3.63) is 23.9 Å². The molecule has 0 amide bonds. The van der Waals surface area contributed by atoms with Crippen LogP contribution < -0.4 is 0 Å². The van der Waals surface area contributed by atoms with Crippen molar-refractivity contribution in [3.8, 4) is 11.5 Å². The number of H-pyrrole nitrogens is 1. The van der Waals surface area contributed by atoms with Crippen LogP contribution >= 0.6 is 0 Å². The first-order valence-electron chi connectivity index (χ1n) is 5.36. The summed E-state index contributed by atoms with van der Waals surface area (Å²) in [6.07, 6.45) is -1.54. The van der Waals surface area contributed by atoms with Gasteiger partial charge in [0.25, 0.3) is 0 Å². The Morgan fingerprint density at radius 3 is 2.56 bits per heavy atom. The molecule has 94 valence electrons. The van der Waals surface area contributed by atoms with Gasteiger partial charge in [-0.05, 0) is 18.9 Å². The smallest absolute Gasteiger partial charge is 0.265 e. The Morgan fingerprint density at radius 1 is 1.22 bits per heavy atom. The predicted molar refractivity (Wildman–Crippen MR) is 54.4 cm³/mol. The highest BCUT2D eigenvalue weighted by molar-refractivity contribution is 5.49. The molecule has 2 aromatic heterocycles. The molecule has 0 radical (unpaired) electrons. The molecule has 0 aliphatic heterocycles. The van der Waals surface area contributed by atoms with Gasteiger partial charge in [-0.15, -0.1) is 0 Å². The lowest BCUT2D eigenvalue weighted by Crippen LogP contribution is -2.11. The third-order valence-corrected chi connectivity index (χ3v) is 2.62. The molecular weight excluding hydrogens is 247 g/mol. The monoisotopic (exact) mass is 255 g/mol. The molecule has 5 nitrogen and oxygen atoms in total. The summed E-state index contributed by atoms with van der Waals surface area (Å²) < 4.78 is 38.2. The van der Waals surface area contributed by atoms with Gasteiger partial charge in [-0.2, -0.15) is 18.3 Å². The van der Waals surface area contributed by atoms with Gasteiger partial charge in [0.2, 0.25) is 0 Å². The number of nitrogens with one attached hydrogen (secondary N) is 1. The van der Waals surface area contributed by atoms with Gasteiger partial charge in [-0.1, -0.05) is 0 Å². The fourth-order valence-corrected chi connectivity index (χ4v) is 1.58.